The smallest absolute Gasteiger partial charge is 0.416 e. The average Bonchev–Trinajstić information content (AvgIpc) is 2.66. The number of nitrogens with zero attached hydrogens (tertiary/aromatic N) is 4. The number of aromatic nitrogens is 2. The molecule has 0 saturated carbocycles. The van der Waals surface area contributed by atoms with Crippen LogP contribution in [0.2, 0.25) is 0 Å². The molecule has 0 radical (unpaired) electrons. The maximum Gasteiger partial charge on any atom is 0.416 e. The van der Waals surface area contributed by atoms with Crippen LogP contribution in [0.1, 0.15) is 5.56 Å². The number of hydrogen-bond acceptors (Lipinski definition) is 6. The van der Waals surface area contributed by atoms with Crippen molar-refractivity contribution in [3.63, 3.8) is 0 Å². The van der Waals surface area contributed by atoms with Crippen LogP contribution in [0.5, 0.6) is 0 Å². The number of sulfone groups is 1. The predicted molar refractivity (Wildman–Crippen MR) is 97.4 cm³/mol. The molecule has 12 heteroatoms. The van der Waals surface area contributed by atoms with E-state index in [0.29, 0.717) is 0 Å². The van der Waals surface area contributed by atoms with Gasteiger partial charge < -0.3 is 14.9 Å². The van der Waals surface area contributed by atoms with Crippen LogP contribution in [0, 0.1) is 0 Å². The SMILES string of the molecule is CS(=O)(=O)c1nc(-c2cccc(C(F)(F)F)c2)cc(N2CCN(C(=O)O)CC2)n1. The summed E-state index contributed by atoms with van der Waals surface area (Å²) in [5.74, 6) is 0.206. The molecule has 1 aromatic carbocycles. The minimum Gasteiger partial charge on any atom is -0.465 e. The van der Waals surface area contributed by atoms with Crippen LogP contribution in [-0.2, 0) is 16.0 Å². The van der Waals surface area contributed by atoms with Gasteiger partial charge >= 0.3 is 12.3 Å². The van der Waals surface area contributed by atoms with E-state index in [0.717, 1.165) is 18.4 Å². The first-order valence-electron chi connectivity index (χ1n) is 8.45. The zero-order valence-electron chi connectivity index (χ0n) is 15.2. The van der Waals surface area contributed by atoms with Crippen LogP contribution in [0.4, 0.5) is 23.8 Å². The number of alkyl halides is 3. The summed E-state index contributed by atoms with van der Waals surface area (Å²) in [5, 5.41) is 8.53. The Hall–Kier alpha value is -2.89. The van der Waals surface area contributed by atoms with Gasteiger partial charge in [0.1, 0.15) is 5.82 Å². The number of anilines is 1. The van der Waals surface area contributed by atoms with Gasteiger partial charge in [0.05, 0.1) is 11.3 Å². The molecular weight excluding hydrogens is 413 g/mol. The first-order valence-corrected chi connectivity index (χ1v) is 10.3. The van der Waals surface area contributed by atoms with Crippen LogP contribution in [0.25, 0.3) is 11.3 Å². The van der Waals surface area contributed by atoms with Gasteiger partial charge in [-0.2, -0.15) is 13.2 Å². The van der Waals surface area contributed by atoms with E-state index >= 15 is 0 Å². The molecule has 0 unspecified atom stereocenters. The van der Waals surface area contributed by atoms with Crippen LogP contribution in [-0.4, -0.2) is 66.9 Å². The Morgan fingerprint density at radius 2 is 1.76 bits per heavy atom. The maximum atomic E-state index is 13.0. The van der Waals surface area contributed by atoms with Gasteiger partial charge in [-0.15, -0.1) is 0 Å². The molecule has 29 heavy (non-hydrogen) atoms. The Kier molecular flexibility index (Phi) is 5.39. The summed E-state index contributed by atoms with van der Waals surface area (Å²) < 4.78 is 63.1. The summed E-state index contributed by atoms with van der Waals surface area (Å²) >= 11 is 0. The molecule has 0 aliphatic carbocycles. The Bertz CT molecular complexity index is 1040. The lowest BCUT2D eigenvalue weighted by atomic mass is 10.1. The van der Waals surface area contributed by atoms with E-state index in [1.54, 1.807) is 4.90 Å². The Labute approximate surface area is 164 Å². The number of hydrogen-bond donors (Lipinski definition) is 1. The first-order chi connectivity index (χ1) is 13.4. The van der Waals surface area contributed by atoms with E-state index < -0.39 is 32.8 Å². The van der Waals surface area contributed by atoms with Crippen molar-refractivity contribution in [1.29, 1.82) is 0 Å². The van der Waals surface area contributed by atoms with Crippen molar-refractivity contribution in [3.8, 4) is 11.3 Å². The van der Waals surface area contributed by atoms with Gasteiger partial charge in [0.25, 0.3) is 0 Å². The normalized spacial score (nSPS) is 15.4. The molecule has 1 aromatic heterocycles. The number of rotatable bonds is 3. The monoisotopic (exact) mass is 430 g/mol. The number of piperazine rings is 1. The van der Waals surface area contributed by atoms with Gasteiger partial charge in [0.15, 0.2) is 0 Å². The first kappa shape index (κ1) is 20.8. The zero-order chi connectivity index (χ0) is 21.4. The summed E-state index contributed by atoms with van der Waals surface area (Å²) in [6.07, 6.45) is -4.71. The molecule has 0 bridgehead atoms. The molecule has 0 spiro atoms. The lowest BCUT2D eigenvalue weighted by Crippen LogP contribution is -2.48. The van der Waals surface area contributed by atoms with Crippen molar-refractivity contribution in [2.24, 2.45) is 0 Å². The van der Waals surface area contributed by atoms with Crippen molar-refractivity contribution >= 4 is 21.7 Å². The summed E-state index contributed by atoms with van der Waals surface area (Å²) in [7, 11) is -3.83. The molecule has 3 rings (SSSR count). The Balaban J connectivity index is 2.03. The molecule has 2 heterocycles. The van der Waals surface area contributed by atoms with E-state index in [2.05, 4.69) is 9.97 Å². The number of halogens is 3. The molecule has 2 aromatic rings. The molecule has 1 aliphatic heterocycles. The average molecular weight is 430 g/mol. The summed E-state index contributed by atoms with van der Waals surface area (Å²) in [6.45, 7) is 0.891. The molecule has 1 saturated heterocycles. The molecule has 8 nitrogen and oxygen atoms in total. The highest BCUT2D eigenvalue weighted by atomic mass is 32.2. The van der Waals surface area contributed by atoms with Gasteiger partial charge in [-0.05, 0) is 12.1 Å². The maximum absolute atomic E-state index is 13.0. The zero-order valence-corrected chi connectivity index (χ0v) is 16.0. The number of carboxylic acid groups (broad SMARTS) is 1. The Morgan fingerprint density at radius 1 is 1.10 bits per heavy atom. The third-order valence-corrected chi connectivity index (χ3v) is 5.23. The van der Waals surface area contributed by atoms with E-state index in [-0.39, 0.29) is 43.3 Å². The van der Waals surface area contributed by atoms with E-state index in [4.69, 9.17) is 5.11 Å². The second-order valence-electron chi connectivity index (χ2n) is 6.50. The lowest BCUT2D eigenvalue weighted by molar-refractivity contribution is -0.137. The van der Waals surface area contributed by atoms with Crippen LogP contribution < -0.4 is 4.90 Å². The largest absolute Gasteiger partial charge is 0.465 e. The molecule has 0 atom stereocenters. The number of benzene rings is 1. The lowest BCUT2D eigenvalue weighted by Gasteiger charge is -2.34. The fourth-order valence-corrected chi connectivity index (χ4v) is 3.39. The van der Waals surface area contributed by atoms with Crippen molar-refractivity contribution < 1.29 is 31.5 Å². The summed E-state index contributed by atoms with van der Waals surface area (Å²) in [5.41, 5.74) is -0.758. The minimum atomic E-state index is -4.56. The second kappa shape index (κ2) is 7.50. The van der Waals surface area contributed by atoms with Gasteiger partial charge in [0.2, 0.25) is 15.0 Å². The third-order valence-electron chi connectivity index (χ3n) is 4.38. The highest BCUT2D eigenvalue weighted by molar-refractivity contribution is 7.90. The van der Waals surface area contributed by atoms with Crippen molar-refractivity contribution in [3.05, 3.63) is 35.9 Å². The minimum absolute atomic E-state index is 0.0298. The fraction of sp³-hybridized carbons (Fsp3) is 0.353. The van der Waals surface area contributed by atoms with Gasteiger partial charge in [0, 0.05) is 44.1 Å². The van der Waals surface area contributed by atoms with Gasteiger partial charge in [-0.25, -0.2) is 23.2 Å². The Morgan fingerprint density at radius 3 is 2.31 bits per heavy atom. The molecule has 1 fully saturated rings. The topological polar surface area (TPSA) is 104 Å². The van der Waals surface area contributed by atoms with E-state index in [1.807, 2.05) is 0 Å². The highest BCUT2D eigenvalue weighted by Crippen LogP contribution is 2.32. The standard InChI is InChI=1S/C17H17F3N4O4S/c1-29(27,28)15-21-13(11-3-2-4-12(9-11)17(18,19)20)10-14(22-15)23-5-7-24(8-6-23)16(25)26/h2-4,9-10H,5-8H2,1H3,(H,25,26). The third kappa shape index (κ3) is 4.75. The highest BCUT2D eigenvalue weighted by Gasteiger charge is 2.31. The van der Waals surface area contributed by atoms with Crippen molar-refractivity contribution in [1.82, 2.24) is 14.9 Å². The van der Waals surface area contributed by atoms with Crippen LogP contribution >= 0.6 is 0 Å². The molecular formula is C17H17F3N4O4S. The summed E-state index contributed by atoms with van der Waals surface area (Å²) in [4.78, 5) is 21.9. The molecule has 1 aliphatic rings. The van der Waals surface area contributed by atoms with Crippen molar-refractivity contribution in [2.45, 2.75) is 11.3 Å². The van der Waals surface area contributed by atoms with Crippen LogP contribution in [0.3, 0.4) is 0 Å². The molecule has 1 N–H and O–H groups in total. The fourth-order valence-electron chi connectivity index (χ4n) is 2.87. The molecule has 1 amide bonds. The van der Waals surface area contributed by atoms with E-state index in [9.17, 15) is 26.4 Å². The number of amides is 1. The quantitative estimate of drug-likeness (QED) is 0.746. The summed E-state index contributed by atoms with van der Waals surface area (Å²) in [6, 6.07) is 5.82. The predicted octanol–water partition coefficient (Wildman–Crippen LogP) is 2.37. The van der Waals surface area contributed by atoms with E-state index in [1.165, 1.54) is 23.1 Å². The van der Waals surface area contributed by atoms with Crippen LogP contribution in [0.15, 0.2) is 35.5 Å². The molecule has 156 valence electrons. The van der Waals surface area contributed by atoms with Gasteiger partial charge in [-0.1, -0.05) is 12.1 Å². The van der Waals surface area contributed by atoms with Crippen molar-refractivity contribution in [2.75, 3.05) is 37.3 Å². The number of carbonyl (C=O) groups is 1. The van der Waals surface area contributed by atoms with Gasteiger partial charge in [-0.3, -0.25) is 0 Å². The second-order valence-corrected chi connectivity index (χ2v) is 8.41.